The van der Waals surface area contributed by atoms with Crippen molar-refractivity contribution in [3.05, 3.63) is 0 Å². The maximum absolute atomic E-state index is 10.2. The van der Waals surface area contributed by atoms with Crippen molar-refractivity contribution in [2.45, 2.75) is 37.8 Å². The van der Waals surface area contributed by atoms with Crippen molar-refractivity contribution < 1.29 is 24.6 Å². The van der Waals surface area contributed by atoms with Gasteiger partial charge in [0.1, 0.15) is 12.1 Å². The van der Waals surface area contributed by atoms with Crippen LogP contribution in [0.5, 0.6) is 0 Å². The largest absolute Gasteiger partial charge is 0.480 e. The van der Waals surface area contributed by atoms with Gasteiger partial charge in [0.25, 0.3) is 0 Å². The van der Waals surface area contributed by atoms with Crippen molar-refractivity contribution in [1.29, 1.82) is 0 Å². The van der Waals surface area contributed by atoms with E-state index in [0.717, 1.165) is 0 Å². The molecule has 0 aromatic rings. The molecule has 2 unspecified atom stereocenters. The van der Waals surface area contributed by atoms with Gasteiger partial charge in [0, 0.05) is 6.54 Å². The van der Waals surface area contributed by atoms with Crippen molar-refractivity contribution >= 4 is 18.0 Å². The number of amides is 2. The van der Waals surface area contributed by atoms with E-state index >= 15 is 0 Å². The Hall–Kier alpha value is -1.91. The molecule has 0 aromatic carbocycles. The van der Waals surface area contributed by atoms with Crippen LogP contribution in [-0.4, -0.2) is 53.4 Å². The molecule has 0 bridgehead atoms. The van der Waals surface area contributed by atoms with E-state index in [1.54, 1.807) is 0 Å². The van der Waals surface area contributed by atoms with Crippen molar-refractivity contribution in [2.75, 3.05) is 13.1 Å². The number of urea groups is 1. The first-order valence-electron chi connectivity index (χ1n) is 6.42. The lowest BCUT2D eigenvalue weighted by Gasteiger charge is -2.05. The second-order valence-electron chi connectivity index (χ2n) is 4.25. The van der Waals surface area contributed by atoms with Crippen LogP contribution in [0.15, 0.2) is 0 Å². The maximum atomic E-state index is 10.2. The molecular weight excluding hydrogens is 282 g/mol. The van der Waals surface area contributed by atoms with Gasteiger partial charge in [-0.3, -0.25) is 9.59 Å². The fraction of sp³-hybridized carbons (Fsp3) is 0.727. The summed E-state index contributed by atoms with van der Waals surface area (Å²) in [6.45, 7) is 0.858. The van der Waals surface area contributed by atoms with Crippen LogP contribution in [0, 0.1) is 0 Å². The van der Waals surface area contributed by atoms with Gasteiger partial charge in [-0.25, -0.2) is 4.79 Å². The van der Waals surface area contributed by atoms with Crippen molar-refractivity contribution in [3.63, 3.8) is 0 Å². The maximum Gasteiger partial charge on any atom is 0.320 e. The van der Waals surface area contributed by atoms with E-state index in [2.05, 4.69) is 5.32 Å². The second-order valence-corrected chi connectivity index (χ2v) is 4.25. The fourth-order valence-corrected chi connectivity index (χ4v) is 1.12. The number of rotatable bonds is 9. The molecule has 0 aliphatic heterocycles. The molecule has 2 atom stereocenters. The summed E-state index contributed by atoms with van der Waals surface area (Å²) in [5, 5.41) is 18.9. The third kappa shape index (κ3) is 16.0. The van der Waals surface area contributed by atoms with Crippen LogP contribution in [0.25, 0.3) is 0 Å². The van der Waals surface area contributed by atoms with Crippen molar-refractivity contribution in [2.24, 2.45) is 22.9 Å². The molecule has 0 saturated carbocycles. The van der Waals surface area contributed by atoms with Gasteiger partial charge >= 0.3 is 18.0 Å². The number of primary amides is 1. The highest BCUT2D eigenvalue weighted by Crippen LogP contribution is 1.92. The zero-order valence-corrected chi connectivity index (χ0v) is 11.8. The smallest absolute Gasteiger partial charge is 0.320 e. The standard InChI is InChI=1S/C6H13N3O3.C5H12N2O2/c7-4(5(10)11)2-1-3-9-6(8)12;6-3-1-2-4(7)5(8)9/h4H,1-3,7H2,(H,10,11)(H3,8,9,12);4H,1-3,6-7H2,(H,8,9). The van der Waals surface area contributed by atoms with Gasteiger partial charge in [-0.15, -0.1) is 0 Å². The Morgan fingerprint density at radius 3 is 1.71 bits per heavy atom. The van der Waals surface area contributed by atoms with E-state index in [1.807, 2.05) is 0 Å². The predicted molar refractivity (Wildman–Crippen MR) is 76.3 cm³/mol. The van der Waals surface area contributed by atoms with E-state index in [0.29, 0.717) is 38.8 Å². The minimum Gasteiger partial charge on any atom is -0.480 e. The number of carbonyl (C=O) groups is 3. The third-order valence-corrected chi connectivity index (χ3v) is 2.34. The number of carboxylic acid groups (broad SMARTS) is 2. The first-order valence-corrected chi connectivity index (χ1v) is 6.42. The number of nitrogens with one attached hydrogen (secondary N) is 1. The highest BCUT2D eigenvalue weighted by atomic mass is 16.4. The van der Waals surface area contributed by atoms with Crippen LogP contribution in [0.1, 0.15) is 25.7 Å². The molecular formula is C11H25N5O5. The lowest BCUT2D eigenvalue weighted by Crippen LogP contribution is -2.33. The molecule has 0 rings (SSSR count). The van der Waals surface area contributed by atoms with Gasteiger partial charge < -0.3 is 38.5 Å². The average Bonchev–Trinajstić information content (AvgIpc) is 2.40. The Labute approximate surface area is 122 Å². The SMILES string of the molecule is NC(=O)NCCCC(N)C(=O)O.NCCCC(N)C(=O)O. The second kappa shape index (κ2) is 13.1. The summed E-state index contributed by atoms with van der Waals surface area (Å²) in [6.07, 6.45) is 1.98. The van der Waals surface area contributed by atoms with E-state index < -0.39 is 30.1 Å². The predicted octanol–water partition coefficient (Wildman–Crippen LogP) is -2.02. The molecule has 0 aromatic heterocycles. The van der Waals surface area contributed by atoms with Crippen LogP contribution in [0.3, 0.4) is 0 Å². The Balaban J connectivity index is 0. The van der Waals surface area contributed by atoms with E-state index in [9.17, 15) is 14.4 Å². The normalized spacial score (nSPS) is 12.5. The summed E-state index contributed by atoms with van der Waals surface area (Å²) < 4.78 is 0. The molecule has 10 heteroatoms. The molecule has 0 aliphatic carbocycles. The third-order valence-electron chi connectivity index (χ3n) is 2.34. The van der Waals surface area contributed by atoms with Gasteiger partial charge in [-0.05, 0) is 32.2 Å². The fourth-order valence-electron chi connectivity index (χ4n) is 1.12. The summed E-state index contributed by atoms with van der Waals surface area (Å²) in [5.74, 6) is -1.99. The summed E-state index contributed by atoms with van der Waals surface area (Å²) in [4.78, 5) is 30.4. The van der Waals surface area contributed by atoms with Crippen LogP contribution in [0.4, 0.5) is 4.79 Å². The highest BCUT2D eigenvalue weighted by molar-refractivity contribution is 5.73. The number of carbonyl (C=O) groups excluding carboxylic acids is 1. The molecule has 0 spiro atoms. The van der Waals surface area contributed by atoms with E-state index in [1.165, 1.54) is 0 Å². The average molecular weight is 307 g/mol. The quantitative estimate of drug-likeness (QED) is 0.236. The first kappa shape index (κ1) is 21.4. The molecule has 21 heavy (non-hydrogen) atoms. The number of hydrogen-bond donors (Lipinski definition) is 7. The van der Waals surface area contributed by atoms with E-state index in [4.69, 9.17) is 33.1 Å². The Kier molecular flexibility index (Phi) is 13.3. The molecule has 0 radical (unpaired) electrons. The topological polar surface area (TPSA) is 208 Å². The van der Waals surface area contributed by atoms with Gasteiger partial charge in [0.05, 0.1) is 0 Å². The van der Waals surface area contributed by atoms with Crippen molar-refractivity contribution in [3.8, 4) is 0 Å². The minimum atomic E-state index is -1.03. The number of hydrogen-bond acceptors (Lipinski definition) is 6. The Bertz CT molecular complexity index is 326. The van der Waals surface area contributed by atoms with Crippen LogP contribution >= 0.6 is 0 Å². The molecule has 2 amide bonds. The zero-order chi connectivity index (χ0) is 16.8. The molecule has 0 heterocycles. The van der Waals surface area contributed by atoms with Crippen LogP contribution < -0.4 is 28.3 Å². The zero-order valence-electron chi connectivity index (χ0n) is 11.8. The molecule has 0 fully saturated rings. The lowest BCUT2D eigenvalue weighted by atomic mass is 10.2. The summed E-state index contributed by atoms with van der Waals surface area (Å²) >= 11 is 0. The summed E-state index contributed by atoms with van der Waals surface area (Å²) in [7, 11) is 0. The number of nitrogens with two attached hydrogens (primary N) is 4. The monoisotopic (exact) mass is 307 g/mol. The van der Waals surface area contributed by atoms with Gasteiger partial charge in [-0.1, -0.05) is 0 Å². The Morgan fingerprint density at radius 2 is 1.38 bits per heavy atom. The summed E-state index contributed by atoms with van der Waals surface area (Å²) in [5.41, 5.74) is 20.2. The van der Waals surface area contributed by atoms with Gasteiger partial charge in [0.2, 0.25) is 0 Å². The van der Waals surface area contributed by atoms with Crippen LogP contribution in [-0.2, 0) is 9.59 Å². The van der Waals surface area contributed by atoms with Gasteiger partial charge in [-0.2, -0.15) is 0 Å². The Morgan fingerprint density at radius 1 is 0.952 bits per heavy atom. The number of carboxylic acids is 2. The number of aliphatic carboxylic acids is 2. The molecule has 124 valence electrons. The lowest BCUT2D eigenvalue weighted by molar-refractivity contribution is -0.139. The molecule has 11 N–H and O–H groups in total. The van der Waals surface area contributed by atoms with Gasteiger partial charge in [0.15, 0.2) is 0 Å². The first-order chi connectivity index (χ1) is 9.72. The van der Waals surface area contributed by atoms with E-state index in [-0.39, 0.29) is 0 Å². The highest BCUT2D eigenvalue weighted by Gasteiger charge is 2.10. The molecule has 0 saturated heterocycles. The minimum absolute atomic E-state index is 0.329. The van der Waals surface area contributed by atoms with Crippen LogP contribution in [0.2, 0.25) is 0 Å². The molecule has 0 aliphatic rings. The van der Waals surface area contributed by atoms with Crippen molar-refractivity contribution in [1.82, 2.24) is 5.32 Å². The summed E-state index contributed by atoms with van der Waals surface area (Å²) in [6, 6.07) is -2.22. The molecule has 10 nitrogen and oxygen atoms in total.